The molecule has 0 unspecified atom stereocenters. The molecule has 0 amide bonds. The summed E-state index contributed by atoms with van der Waals surface area (Å²) in [5.41, 5.74) is 0.874. The maximum absolute atomic E-state index is 13.4. The lowest BCUT2D eigenvalue weighted by molar-refractivity contribution is -0.137. The van der Waals surface area contributed by atoms with Crippen LogP contribution in [-0.2, 0) is 6.18 Å². The van der Waals surface area contributed by atoms with Gasteiger partial charge in [0.1, 0.15) is 23.0 Å². The predicted octanol–water partition coefficient (Wildman–Crippen LogP) is 4.39. The van der Waals surface area contributed by atoms with E-state index in [1.807, 2.05) is 35.0 Å². The second kappa shape index (κ2) is 9.53. The molecule has 4 aromatic rings. The minimum Gasteiger partial charge on any atom is -0.497 e. The van der Waals surface area contributed by atoms with Crippen molar-refractivity contribution in [3.05, 3.63) is 60.6 Å². The lowest BCUT2D eigenvalue weighted by Gasteiger charge is -2.33. The van der Waals surface area contributed by atoms with Gasteiger partial charge in [0.2, 0.25) is 5.95 Å². The number of ether oxygens (including phenoxy) is 1. The Kier molecular flexibility index (Phi) is 6.27. The van der Waals surface area contributed by atoms with Gasteiger partial charge in [0.05, 0.1) is 12.7 Å². The number of methoxy groups -OCH3 is 1. The highest BCUT2D eigenvalue weighted by atomic mass is 19.4. The van der Waals surface area contributed by atoms with Crippen LogP contribution < -0.4 is 20.3 Å². The smallest absolute Gasteiger partial charge is 0.416 e. The lowest BCUT2D eigenvalue weighted by Crippen LogP contribution is -2.44. The number of piperazine rings is 1. The molecule has 1 fully saturated rings. The Morgan fingerprint density at radius 1 is 0.917 bits per heavy atom. The Hall–Kier alpha value is -4.06. The molecule has 0 atom stereocenters. The molecule has 12 heteroatoms. The molecule has 1 aromatic carbocycles. The van der Waals surface area contributed by atoms with Gasteiger partial charge in [-0.05, 0) is 25.2 Å². The van der Waals surface area contributed by atoms with Crippen molar-refractivity contribution < 1.29 is 17.9 Å². The maximum Gasteiger partial charge on any atom is 0.416 e. The van der Waals surface area contributed by atoms with Crippen molar-refractivity contribution in [3.8, 4) is 5.75 Å². The van der Waals surface area contributed by atoms with E-state index in [1.54, 1.807) is 6.20 Å². The minimum absolute atomic E-state index is 0.0777. The minimum atomic E-state index is -4.52. The fraction of sp³-hybridized carbons (Fsp3) is 0.292. The van der Waals surface area contributed by atoms with E-state index in [0.29, 0.717) is 11.6 Å². The second-order valence-electron chi connectivity index (χ2n) is 8.53. The van der Waals surface area contributed by atoms with Crippen molar-refractivity contribution in [2.45, 2.75) is 6.18 Å². The van der Waals surface area contributed by atoms with Crippen LogP contribution in [0.2, 0.25) is 0 Å². The van der Waals surface area contributed by atoms with E-state index in [4.69, 9.17) is 4.74 Å². The topological polar surface area (TPSA) is 82.8 Å². The Morgan fingerprint density at radius 2 is 1.72 bits per heavy atom. The number of aromatic nitrogens is 4. The van der Waals surface area contributed by atoms with Gasteiger partial charge in [0.25, 0.3) is 0 Å². The zero-order valence-electron chi connectivity index (χ0n) is 19.8. The molecule has 5 rings (SSSR count). The average Bonchev–Trinajstić information content (AvgIpc) is 3.31. The number of halogens is 3. The quantitative estimate of drug-likeness (QED) is 0.405. The first-order valence-electron chi connectivity index (χ1n) is 11.3. The summed E-state index contributed by atoms with van der Waals surface area (Å²) in [4.78, 5) is 17.8. The van der Waals surface area contributed by atoms with Crippen molar-refractivity contribution in [1.29, 1.82) is 0 Å². The summed E-state index contributed by atoms with van der Waals surface area (Å²) < 4.78 is 47.2. The van der Waals surface area contributed by atoms with Crippen molar-refractivity contribution >= 4 is 34.6 Å². The summed E-state index contributed by atoms with van der Waals surface area (Å²) in [5.74, 6) is 1.41. The van der Waals surface area contributed by atoms with Crippen LogP contribution in [0.1, 0.15) is 5.56 Å². The third kappa shape index (κ3) is 5.28. The van der Waals surface area contributed by atoms with Crippen LogP contribution in [0.5, 0.6) is 5.75 Å². The van der Waals surface area contributed by atoms with E-state index in [1.165, 1.54) is 13.2 Å². The number of imidazole rings is 1. The molecule has 1 saturated heterocycles. The highest BCUT2D eigenvalue weighted by Gasteiger charge is 2.31. The molecule has 3 aromatic heterocycles. The molecule has 1 aliphatic heterocycles. The van der Waals surface area contributed by atoms with Gasteiger partial charge >= 0.3 is 6.18 Å². The Bertz CT molecular complexity index is 1370. The second-order valence-corrected chi connectivity index (χ2v) is 8.53. The first-order valence-corrected chi connectivity index (χ1v) is 11.3. The van der Waals surface area contributed by atoms with E-state index in [2.05, 4.69) is 42.4 Å². The van der Waals surface area contributed by atoms with Crippen LogP contribution in [0.3, 0.4) is 0 Å². The number of rotatable bonds is 6. The third-order valence-electron chi connectivity index (χ3n) is 5.94. The van der Waals surface area contributed by atoms with Crippen molar-refractivity contribution in [2.24, 2.45) is 0 Å². The van der Waals surface area contributed by atoms with Gasteiger partial charge < -0.3 is 29.6 Å². The molecular formula is C24H25F3N8O. The van der Waals surface area contributed by atoms with Crippen LogP contribution in [0.25, 0.3) is 5.65 Å². The highest BCUT2D eigenvalue weighted by Crippen LogP contribution is 2.35. The van der Waals surface area contributed by atoms with Gasteiger partial charge in [-0.2, -0.15) is 23.1 Å². The normalized spacial score (nSPS) is 14.8. The largest absolute Gasteiger partial charge is 0.497 e. The van der Waals surface area contributed by atoms with Crippen molar-refractivity contribution in [1.82, 2.24) is 24.3 Å². The standard InChI is InChI=1S/C24H25F3N8O/c1-33-7-9-35(10-8-33)22-15-20(29-17-3-5-34-6-4-28-21(34)14-17)31-23(32-22)30-18-11-16(24(25,26)27)12-19(13-18)36-2/h3-6,11-15H,7-10H2,1-2H3,(H2,29,30,31,32). The van der Waals surface area contributed by atoms with E-state index in [9.17, 15) is 13.2 Å². The fourth-order valence-corrected chi connectivity index (χ4v) is 3.97. The van der Waals surface area contributed by atoms with Gasteiger partial charge in [-0.3, -0.25) is 0 Å². The number of likely N-dealkylation sites (N-methyl/N-ethyl adjacent to an activating group) is 1. The van der Waals surface area contributed by atoms with Crippen LogP contribution in [-0.4, -0.2) is 64.6 Å². The molecule has 9 nitrogen and oxygen atoms in total. The average molecular weight is 499 g/mol. The molecule has 0 radical (unpaired) electrons. The molecule has 36 heavy (non-hydrogen) atoms. The van der Waals surface area contributed by atoms with Gasteiger partial charge in [-0.25, -0.2) is 4.98 Å². The summed E-state index contributed by atoms with van der Waals surface area (Å²) in [7, 11) is 3.38. The number of nitrogens with zero attached hydrogens (tertiary/aromatic N) is 6. The molecule has 0 aliphatic carbocycles. The van der Waals surface area contributed by atoms with Crippen molar-refractivity contribution in [2.75, 3.05) is 55.9 Å². The van der Waals surface area contributed by atoms with Gasteiger partial charge in [-0.15, -0.1) is 0 Å². The predicted molar refractivity (Wildman–Crippen MR) is 131 cm³/mol. The fourth-order valence-electron chi connectivity index (χ4n) is 3.97. The van der Waals surface area contributed by atoms with E-state index >= 15 is 0 Å². The number of nitrogens with one attached hydrogen (secondary N) is 2. The van der Waals surface area contributed by atoms with Crippen molar-refractivity contribution in [3.63, 3.8) is 0 Å². The first kappa shape index (κ1) is 23.7. The molecule has 4 heterocycles. The zero-order chi connectivity index (χ0) is 25.3. The van der Waals surface area contributed by atoms with Gasteiger partial charge in [-0.1, -0.05) is 0 Å². The molecule has 188 valence electrons. The van der Waals surface area contributed by atoms with Gasteiger partial charge in [0, 0.05) is 74.3 Å². The first-order chi connectivity index (χ1) is 17.3. The summed E-state index contributed by atoms with van der Waals surface area (Å²) in [6.45, 7) is 3.28. The molecule has 1 aliphatic rings. The Balaban J connectivity index is 1.49. The van der Waals surface area contributed by atoms with E-state index in [0.717, 1.165) is 49.6 Å². The SMILES string of the molecule is COc1cc(Nc2nc(Nc3ccn4ccnc4c3)cc(N3CCN(C)CC3)n2)cc(C(F)(F)F)c1. The lowest BCUT2D eigenvalue weighted by atomic mass is 10.2. The monoisotopic (exact) mass is 498 g/mol. The van der Waals surface area contributed by atoms with Crippen LogP contribution in [0, 0.1) is 0 Å². The van der Waals surface area contributed by atoms with Crippen LogP contribution >= 0.6 is 0 Å². The third-order valence-corrected chi connectivity index (χ3v) is 5.94. The number of fused-ring (bicyclic) bond motifs is 1. The number of hydrogen-bond acceptors (Lipinski definition) is 8. The molecule has 0 bridgehead atoms. The summed E-state index contributed by atoms with van der Waals surface area (Å²) >= 11 is 0. The zero-order valence-corrected chi connectivity index (χ0v) is 19.8. The molecule has 2 N–H and O–H groups in total. The molecular weight excluding hydrogens is 473 g/mol. The summed E-state index contributed by atoms with van der Waals surface area (Å²) in [6.07, 6.45) is 0.911. The van der Waals surface area contributed by atoms with E-state index < -0.39 is 11.7 Å². The summed E-state index contributed by atoms with van der Waals surface area (Å²) in [5, 5.41) is 6.21. The van der Waals surface area contributed by atoms with E-state index in [-0.39, 0.29) is 17.4 Å². The number of anilines is 5. The molecule has 0 saturated carbocycles. The number of benzene rings is 1. The molecule has 0 spiro atoms. The number of pyridine rings is 1. The van der Waals surface area contributed by atoms with Crippen LogP contribution in [0.15, 0.2) is 55.0 Å². The number of alkyl halides is 3. The Labute approximate surface area is 205 Å². The Morgan fingerprint density at radius 3 is 2.47 bits per heavy atom. The van der Waals surface area contributed by atoms with Crippen LogP contribution in [0.4, 0.5) is 42.1 Å². The maximum atomic E-state index is 13.4. The van der Waals surface area contributed by atoms with Gasteiger partial charge in [0.15, 0.2) is 0 Å². The number of hydrogen-bond donors (Lipinski definition) is 2. The summed E-state index contributed by atoms with van der Waals surface area (Å²) in [6, 6.07) is 9.03. The highest BCUT2D eigenvalue weighted by molar-refractivity contribution is 5.67.